The molecule has 0 atom stereocenters. The average molecular weight is 373 g/mol. The number of hydrazone groups is 1. The van der Waals surface area contributed by atoms with Crippen molar-refractivity contribution in [3.8, 4) is 16.9 Å². The van der Waals surface area contributed by atoms with Gasteiger partial charge in [-0.3, -0.25) is 9.59 Å². The minimum atomic E-state index is -0.778. The van der Waals surface area contributed by atoms with E-state index in [0.717, 1.165) is 35.3 Å². The number of hydrogen-bond donors (Lipinski definition) is 2. The van der Waals surface area contributed by atoms with Gasteiger partial charge in [-0.1, -0.05) is 48.5 Å². The van der Waals surface area contributed by atoms with E-state index in [-0.39, 0.29) is 6.04 Å². The molecule has 1 heterocycles. The zero-order valence-corrected chi connectivity index (χ0v) is 15.1. The van der Waals surface area contributed by atoms with Crippen molar-refractivity contribution in [2.24, 2.45) is 5.10 Å². The van der Waals surface area contributed by atoms with Crippen LogP contribution in [-0.2, 0) is 9.59 Å². The number of nitrogens with zero attached hydrogens (tertiary/aromatic N) is 3. The van der Waals surface area contributed by atoms with Crippen LogP contribution in [0.4, 0.5) is 0 Å². The summed E-state index contributed by atoms with van der Waals surface area (Å²) >= 11 is 0. The van der Waals surface area contributed by atoms with Crippen LogP contribution in [0.15, 0.2) is 72.0 Å². The summed E-state index contributed by atoms with van der Waals surface area (Å²) in [6, 6.07) is 19.5. The van der Waals surface area contributed by atoms with Gasteiger partial charge in [0.05, 0.1) is 11.9 Å². The van der Waals surface area contributed by atoms with Crippen molar-refractivity contribution in [3.05, 3.63) is 72.4 Å². The van der Waals surface area contributed by atoms with Crippen molar-refractivity contribution in [1.82, 2.24) is 20.5 Å². The van der Waals surface area contributed by atoms with E-state index < -0.39 is 11.8 Å². The summed E-state index contributed by atoms with van der Waals surface area (Å²) in [5, 5.41) is 11.2. The maximum atomic E-state index is 11.8. The Morgan fingerprint density at radius 2 is 1.68 bits per heavy atom. The third-order valence-corrected chi connectivity index (χ3v) is 4.30. The molecule has 0 saturated heterocycles. The van der Waals surface area contributed by atoms with Crippen LogP contribution in [0.25, 0.3) is 16.9 Å². The smallest absolute Gasteiger partial charge is 0.329 e. The van der Waals surface area contributed by atoms with Gasteiger partial charge in [-0.2, -0.15) is 10.2 Å². The fourth-order valence-corrected chi connectivity index (χ4v) is 2.70. The van der Waals surface area contributed by atoms with Gasteiger partial charge in [0.15, 0.2) is 0 Å². The largest absolute Gasteiger partial charge is 0.345 e. The third-order valence-electron chi connectivity index (χ3n) is 4.30. The first kappa shape index (κ1) is 17.7. The molecule has 2 amide bonds. The molecule has 0 aliphatic heterocycles. The van der Waals surface area contributed by atoms with E-state index in [9.17, 15) is 9.59 Å². The molecule has 1 saturated carbocycles. The Labute approximate surface area is 162 Å². The topological polar surface area (TPSA) is 88.4 Å². The van der Waals surface area contributed by atoms with Crippen molar-refractivity contribution in [1.29, 1.82) is 0 Å². The molecule has 1 fully saturated rings. The van der Waals surface area contributed by atoms with Crippen LogP contribution < -0.4 is 10.7 Å². The highest BCUT2D eigenvalue weighted by molar-refractivity contribution is 6.35. The van der Waals surface area contributed by atoms with Crippen LogP contribution in [0, 0.1) is 0 Å². The lowest BCUT2D eigenvalue weighted by molar-refractivity contribution is -0.139. The van der Waals surface area contributed by atoms with Gasteiger partial charge in [-0.15, -0.1) is 0 Å². The molecule has 1 aromatic heterocycles. The molecule has 3 aromatic rings. The number of benzene rings is 2. The molecule has 0 bridgehead atoms. The van der Waals surface area contributed by atoms with Crippen LogP contribution in [0.2, 0.25) is 0 Å². The number of para-hydroxylation sites is 1. The molecule has 28 heavy (non-hydrogen) atoms. The van der Waals surface area contributed by atoms with Gasteiger partial charge in [0.1, 0.15) is 5.69 Å². The summed E-state index contributed by atoms with van der Waals surface area (Å²) in [7, 11) is 0. The predicted molar refractivity (Wildman–Crippen MR) is 106 cm³/mol. The normalized spacial score (nSPS) is 13.4. The standard InChI is InChI=1S/C21H19N5O2/c27-20(23-17-11-12-17)21(28)24-22-13-16-14-26(18-9-5-2-6-10-18)25-19(16)15-7-3-1-4-8-15/h1-10,13-14,17H,11-12H2,(H,23,27)(H,24,28)/b22-13-. The summed E-state index contributed by atoms with van der Waals surface area (Å²) < 4.78 is 1.76. The van der Waals surface area contributed by atoms with Crippen molar-refractivity contribution in [2.45, 2.75) is 18.9 Å². The monoisotopic (exact) mass is 373 g/mol. The van der Waals surface area contributed by atoms with Crippen molar-refractivity contribution in [2.75, 3.05) is 0 Å². The lowest BCUT2D eigenvalue weighted by atomic mass is 10.1. The number of aromatic nitrogens is 2. The van der Waals surface area contributed by atoms with E-state index in [1.807, 2.05) is 66.9 Å². The summed E-state index contributed by atoms with van der Waals surface area (Å²) in [5.74, 6) is -1.44. The van der Waals surface area contributed by atoms with E-state index in [2.05, 4.69) is 20.9 Å². The first-order valence-electron chi connectivity index (χ1n) is 9.05. The Balaban J connectivity index is 1.57. The highest BCUT2D eigenvalue weighted by Gasteiger charge is 2.26. The quantitative estimate of drug-likeness (QED) is 0.408. The first-order chi connectivity index (χ1) is 13.7. The lowest BCUT2D eigenvalue weighted by Gasteiger charge is -2.01. The van der Waals surface area contributed by atoms with Crippen LogP contribution in [0.5, 0.6) is 0 Å². The Hall–Kier alpha value is -3.74. The fraction of sp³-hybridized carbons (Fsp3) is 0.143. The van der Waals surface area contributed by atoms with Crippen molar-refractivity contribution >= 4 is 18.0 Å². The number of amides is 2. The second-order valence-electron chi connectivity index (χ2n) is 6.53. The Bertz CT molecular complexity index is 1010. The maximum Gasteiger partial charge on any atom is 0.329 e. The Kier molecular flexibility index (Phi) is 4.97. The number of rotatable bonds is 5. The highest BCUT2D eigenvalue weighted by Crippen LogP contribution is 2.22. The van der Waals surface area contributed by atoms with Crippen LogP contribution in [-0.4, -0.2) is 33.9 Å². The Morgan fingerprint density at radius 3 is 2.36 bits per heavy atom. The minimum Gasteiger partial charge on any atom is -0.345 e. The number of hydrogen-bond acceptors (Lipinski definition) is 4. The molecular weight excluding hydrogens is 354 g/mol. The molecule has 2 N–H and O–H groups in total. The fourth-order valence-electron chi connectivity index (χ4n) is 2.70. The van der Waals surface area contributed by atoms with Gasteiger partial charge >= 0.3 is 11.8 Å². The molecule has 7 nitrogen and oxygen atoms in total. The molecule has 0 unspecified atom stereocenters. The third kappa shape index (κ3) is 4.15. The molecule has 7 heteroatoms. The second-order valence-corrected chi connectivity index (χ2v) is 6.53. The number of carbonyl (C=O) groups is 2. The average Bonchev–Trinajstić information content (AvgIpc) is 3.45. The molecule has 140 valence electrons. The van der Waals surface area contributed by atoms with Gasteiger partial charge in [-0.05, 0) is 25.0 Å². The molecule has 2 aromatic carbocycles. The summed E-state index contributed by atoms with van der Waals surface area (Å²) in [6.07, 6.45) is 5.16. The van der Waals surface area contributed by atoms with Crippen LogP contribution in [0.3, 0.4) is 0 Å². The van der Waals surface area contributed by atoms with Crippen molar-refractivity contribution < 1.29 is 9.59 Å². The zero-order valence-electron chi connectivity index (χ0n) is 15.1. The Morgan fingerprint density at radius 1 is 1.00 bits per heavy atom. The lowest BCUT2D eigenvalue weighted by Crippen LogP contribution is -2.38. The van der Waals surface area contributed by atoms with E-state index in [1.165, 1.54) is 6.21 Å². The van der Waals surface area contributed by atoms with Gasteiger partial charge in [0.25, 0.3) is 0 Å². The molecule has 0 radical (unpaired) electrons. The minimum absolute atomic E-state index is 0.121. The maximum absolute atomic E-state index is 11.8. The van der Waals surface area contributed by atoms with Crippen molar-refractivity contribution in [3.63, 3.8) is 0 Å². The number of nitrogens with one attached hydrogen (secondary N) is 2. The van der Waals surface area contributed by atoms with Crippen LogP contribution >= 0.6 is 0 Å². The van der Waals surface area contributed by atoms with Gasteiger partial charge < -0.3 is 5.32 Å². The molecule has 1 aliphatic rings. The summed E-state index contributed by atoms with van der Waals surface area (Å²) in [4.78, 5) is 23.5. The van der Waals surface area contributed by atoms with E-state index in [4.69, 9.17) is 0 Å². The summed E-state index contributed by atoms with van der Waals surface area (Å²) in [6.45, 7) is 0. The molecule has 1 aliphatic carbocycles. The first-order valence-corrected chi connectivity index (χ1v) is 9.05. The SMILES string of the molecule is O=C(N/N=C\c1cn(-c2ccccc2)nc1-c1ccccc1)C(=O)NC1CC1. The zero-order chi connectivity index (χ0) is 19.3. The van der Waals surface area contributed by atoms with Crippen LogP contribution in [0.1, 0.15) is 18.4 Å². The van der Waals surface area contributed by atoms with E-state index in [1.54, 1.807) is 4.68 Å². The number of carbonyl (C=O) groups excluding carboxylic acids is 2. The van der Waals surface area contributed by atoms with Gasteiger partial charge in [-0.25, -0.2) is 10.1 Å². The van der Waals surface area contributed by atoms with Gasteiger partial charge in [0, 0.05) is 23.4 Å². The summed E-state index contributed by atoms with van der Waals surface area (Å²) in [5.41, 5.74) is 5.56. The molecule has 4 rings (SSSR count). The van der Waals surface area contributed by atoms with Gasteiger partial charge in [0.2, 0.25) is 0 Å². The van der Waals surface area contributed by atoms with E-state index >= 15 is 0 Å². The predicted octanol–water partition coefficient (Wildman–Crippen LogP) is 2.27. The molecule has 0 spiro atoms. The molecular formula is C21H19N5O2. The van der Waals surface area contributed by atoms with E-state index in [0.29, 0.717) is 0 Å². The highest BCUT2D eigenvalue weighted by atomic mass is 16.2. The second kappa shape index (κ2) is 7.87.